The molecule has 1 N–H and O–H groups in total. The number of aryl methyl sites for hydroxylation is 1. The molecule has 0 radical (unpaired) electrons. The first-order valence-corrected chi connectivity index (χ1v) is 6.25. The van der Waals surface area contributed by atoms with E-state index >= 15 is 0 Å². The number of likely N-dealkylation sites (tertiary alicyclic amines) is 1. The van der Waals surface area contributed by atoms with E-state index in [-0.39, 0.29) is 24.3 Å². The van der Waals surface area contributed by atoms with Crippen molar-refractivity contribution in [2.75, 3.05) is 6.54 Å². The molecule has 2 amide bonds. The lowest BCUT2D eigenvalue weighted by Gasteiger charge is -2.15. The molecule has 0 aromatic heterocycles. The molecule has 0 bridgehead atoms. The smallest absolute Gasteiger partial charge is 0.247 e. The first kappa shape index (κ1) is 12.8. The van der Waals surface area contributed by atoms with Gasteiger partial charge in [-0.15, -0.1) is 0 Å². The zero-order valence-corrected chi connectivity index (χ0v) is 10.8. The molecule has 0 unspecified atom stereocenters. The van der Waals surface area contributed by atoms with Crippen molar-refractivity contribution in [1.82, 2.24) is 10.2 Å². The third-order valence-corrected chi connectivity index (χ3v) is 3.16. The van der Waals surface area contributed by atoms with Crippen LogP contribution in [0.15, 0.2) is 24.3 Å². The highest BCUT2D eigenvalue weighted by atomic mass is 16.2. The van der Waals surface area contributed by atoms with Crippen LogP contribution in [0.3, 0.4) is 0 Å². The average Bonchev–Trinajstić information content (AvgIpc) is 2.60. The molecule has 0 saturated carbocycles. The molecule has 1 aromatic rings. The first-order chi connectivity index (χ1) is 8.61. The Morgan fingerprint density at radius 3 is 2.56 bits per heavy atom. The molecule has 0 aliphatic carbocycles. The van der Waals surface area contributed by atoms with Crippen molar-refractivity contribution in [3.63, 3.8) is 0 Å². The molecule has 1 aromatic carbocycles. The molecule has 1 saturated heterocycles. The predicted octanol–water partition coefficient (Wildman–Crippen LogP) is 1.23. The zero-order valence-electron chi connectivity index (χ0n) is 10.8. The lowest BCUT2D eigenvalue weighted by atomic mass is 10.1. The number of carbonyl (C=O) groups is 2. The Labute approximate surface area is 107 Å². The first-order valence-electron chi connectivity index (χ1n) is 6.25. The average molecular weight is 246 g/mol. The van der Waals surface area contributed by atoms with Crippen molar-refractivity contribution < 1.29 is 9.59 Å². The zero-order chi connectivity index (χ0) is 13.1. The number of likely N-dealkylation sites (N-methyl/N-ethyl adjacent to an activating group) is 1. The molecule has 1 aliphatic heterocycles. The van der Waals surface area contributed by atoms with E-state index in [1.165, 1.54) is 10.5 Å². The fourth-order valence-corrected chi connectivity index (χ4v) is 2.13. The molecule has 0 spiro atoms. The number of rotatable bonds is 4. The molecular formula is C14H18N2O2. The van der Waals surface area contributed by atoms with Crippen LogP contribution in [-0.4, -0.2) is 29.3 Å². The van der Waals surface area contributed by atoms with Crippen LogP contribution in [0.5, 0.6) is 0 Å². The number of hydrogen-bond donors (Lipinski definition) is 1. The largest absolute Gasteiger partial charge is 0.306 e. The summed E-state index contributed by atoms with van der Waals surface area (Å²) in [6.07, 6.45) is 0.276. The van der Waals surface area contributed by atoms with E-state index in [1.807, 2.05) is 38.1 Å². The van der Waals surface area contributed by atoms with Gasteiger partial charge in [0.2, 0.25) is 11.8 Å². The van der Waals surface area contributed by atoms with E-state index in [2.05, 4.69) is 5.32 Å². The van der Waals surface area contributed by atoms with Crippen LogP contribution < -0.4 is 5.32 Å². The maximum Gasteiger partial charge on any atom is 0.247 e. The number of hydrogen-bond acceptors (Lipinski definition) is 3. The highest BCUT2D eigenvalue weighted by Crippen LogP contribution is 2.17. The Bertz CT molecular complexity index is 453. The minimum atomic E-state index is -0.340. The third kappa shape index (κ3) is 2.59. The number of imide groups is 1. The summed E-state index contributed by atoms with van der Waals surface area (Å²) >= 11 is 0. The molecule has 1 heterocycles. The van der Waals surface area contributed by atoms with Crippen LogP contribution in [0.4, 0.5) is 0 Å². The number of nitrogens with zero attached hydrogens (tertiary/aromatic N) is 1. The minimum Gasteiger partial charge on any atom is -0.306 e. The lowest BCUT2D eigenvalue weighted by molar-refractivity contribution is -0.139. The second-order valence-corrected chi connectivity index (χ2v) is 4.62. The quantitative estimate of drug-likeness (QED) is 0.813. The molecule has 96 valence electrons. The summed E-state index contributed by atoms with van der Waals surface area (Å²) in [5, 5.41) is 3.04. The molecule has 4 nitrogen and oxygen atoms in total. The van der Waals surface area contributed by atoms with Crippen LogP contribution in [0.25, 0.3) is 0 Å². The monoisotopic (exact) mass is 246 g/mol. The molecule has 1 aliphatic rings. The standard InChI is InChI=1S/C14H18N2O2/c1-3-15-12-8-13(17)16(14(12)18)9-11-6-4-10(2)5-7-11/h4-7,12,15H,3,8-9H2,1-2H3/t12-/m1/s1. The Morgan fingerprint density at radius 1 is 1.28 bits per heavy atom. The summed E-state index contributed by atoms with van der Waals surface area (Å²) < 4.78 is 0. The lowest BCUT2D eigenvalue weighted by Crippen LogP contribution is -2.38. The van der Waals surface area contributed by atoms with Crippen molar-refractivity contribution in [2.45, 2.75) is 32.9 Å². The van der Waals surface area contributed by atoms with Gasteiger partial charge in [0.1, 0.15) is 0 Å². The third-order valence-electron chi connectivity index (χ3n) is 3.16. The van der Waals surface area contributed by atoms with Crippen LogP contribution >= 0.6 is 0 Å². The summed E-state index contributed by atoms with van der Waals surface area (Å²) in [7, 11) is 0. The number of carbonyl (C=O) groups excluding carboxylic acids is 2. The summed E-state index contributed by atoms with van der Waals surface area (Å²) in [6.45, 7) is 5.01. The summed E-state index contributed by atoms with van der Waals surface area (Å²) in [4.78, 5) is 25.2. The highest BCUT2D eigenvalue weighted by Gasteiger charge is 2.37. The van der Waals surface area contributed by atoms with Crippen LogP contribution in [0.1, 0.15) is 24.5 Å². The Hall–Kier alpha value is -1.68. The second kappa shape index (κ2) is 5.31. The second-order valence-electron chi connectivity index (χ2n) is 4.62. The minimum absolute atomic E-state index is 0.0912. The maximum absolute atomic E-state index is 12.0. The van der Waals surface area contributed by atoms with E-state index in [0.717, 1.165) is 5.56 Å². The maximum atomic E-state index is 12.0. The summed E-state index contributed by atoms with van der Waals surface area (Å²) in [5.41, 5.74) is 2.16. The Balaban J connectivity index is 2.07. The van der Waals surface area contributed by atoms with Gasteiger partial charge in [0.15, 0.2) is 0 Å². The predicted molar refractivity (Wildman–Crippen MR) is 68.8 cm³/mol. The van der Waals surface area contributed by atoms with E-state index < -0.39 is 0 Å². The van der Waals surface area contributed by atoms with Gasteiger partial charge < -0.3 is 5.32 Å². The van der Waals surface area contributed by atoms with Crippen molar-refractivity contribution in [1.29, 1.82) is 0 Å². The number of benzene rings is 1. The van der Waals surface area contributed by atoms with Crippen LogP contribution in [0, 0.1) is 6.92 Å². The fraction of sp³-hybridized carbons (Fsp3) is 0.429. The molecule has 4 heteroatoms. The van der Waals surface area contributed by atoms with Crippen LogP contribution in [-0.2, 0) is 16.1 Å². The van der Waals surface area contributed by atoms with Crippen LogP contribution in [0.2, 0.25) is 0 Å². The van der Waals surface area contributed by atoms with Gasteiger partial charge in [-0.05, 0) is 19.0 Å². The van der Waals surface area contributed by atoms with Gasteiger partial charge in [0.05, 0.1) is 19.0 Å². The van der Waals surface area contributed by atoms with E-state index in [4.69, 9.17) is 0 Å². The summed E-state index contributed by atoms with van der Waals surface area (Å²) in [6, 6.07) is 7.55. The molecule has 1 fully saturated rings. The highest BCUT2D eigenvalue weighted by molar-refractivity contribution is 6.05. The summed E-state index contributed by atoms with van der Waals surface area (Å²) in [5.74, 6) is -0.200. The van der Waals surface area contributed by atoms with Gasteiger partial charge in [0, 0.05) is 0 Å². The van der Waals surface area contributed by atoms with E-state index in [0.29, 0.717) is 13.1 Å². The van der Waals surface area contributed by atoms with Crippen molar-refractivity contribution in [3.05, 3.63) is 35.4 Å². The SMILES string of the molecule is CCN[C@@H]1CC(=O)N(Cc2ccc(C)cc2)C1=O. The van der Waals surface area contributed by atoms with Crippen molar-refractivity contribution in [3.8, 4) is 0 Å². The van der Waals surface area contributed by atoms with Gasteiger partial charge in [-0.1, -0.05) is 36.8 Å². The Morgan fingerprint density at radius 2 is 1.94 bits per heavy atom. The topological polar surface area (TPSA) is 49.4 Å². The van der Waals surface area contributed by atoms with E-state index in [9.17, 15) is 9.59 Å². The van der Waals surface area contributed by atoms with Gasteiger partial charge in [-0.25, -0.2) is 0 Å². The van der Waals surface area contributed by atoms with Gasteiger partial charge in [0.25, 0.3) is 0 Å². The normalized spacial score (nSPS) is 19.7. The molecule has 2 rings (SSSR count). The van der Waals surface area contributed by atoms with Crippen molar-refractivity contribution in [2.24, 2.45) is 0 Å². The van der Waals surface area contributed by atoms with E-state index in [1.54, 1.807) is 0 Å². The van der Waals surface area contributed by atoms with Gasteiger partial charge in [-0.3, -0.25) is 14.5 Å². The fourth-order valence-electron chi connectivity index (χ4n) is 2.13. The molecule has 1 atom stereocenters. The molecular weight excluding hydrogens is 228 g/mol. The van der Waals surface area contributed by atoms with Crippen molar-refractivity contribution >= 4 is 11.8 Å². The van der Waals surface area contributed by atoms with Gasteiger partial charge in [-0.2, -0.15) is 0 Å². The molecule has 18 heavy (non-hydrogen) atoms. The number of nitrogens with one attached hydrogen (secondary N) is 1. The number of amides is 2. The van der Waals surface area contributed by atoms with Gasteiger partial charge >= 0.3 is 0 Å². The Kier molecular flexibility index (Phi) is 3.77.